The Morgan fingerprint density at radius 1 is 0.821 bits per heavy atom. The zero-order valence-corrected chi connectivity index (χ0v) is 20.1. The van der Waals surface area contributed by atoms with Crippen LogP contribution in [0.4, 0.5) is 0 Å². The van der Waals surface area contributed by atoms with Crippen LogP contribution in [0.1, 0.15) is 79.4 Å². The molecule has 0 N–H and O–H groups in total. The van der Waals surface area contributed by atoms with Crippen LogP contribution in [0, 0.1) is 23.8 Å². The van der Waals surface area contributed by atoms with Crippen LogP contribution in [0.3, 0.4) is 0 Å². The second kappa shape index (κ2) is 11.2. The summed E-state index contributed by atoms with van der Waals surface area (Å²) in [5.41, 5.74) is 7.15. The van der Waals surface area contributed by atoms with Crippen LogP contribution < -0.4 is 9.47 Å². The van der Waals surface area contributed by atoms with Crippen LogP contribution in [-0.2, 0) is 0 Å². The molecular weight excluding hydrogens is 360 g/mol. The van der Waals surface area contributed by atoms with Gasteiger partial charge in [0.05, 0.1) is 24.3 Å². The van der Waals surface area contributed by atoms with Crippen molar-refractivity contribution in [1.29, 1.82) is 0 Å². The van der Waals surface area contributed by atoms with Crippen molar-refractivity contribution in [3.8, 4) is 35.3 Å². The van der Waals surface area contributed by atoms with Crippen LogP contribution in [0.25, 0.3) is 0 Å². The smallest absolute Gasteiger partial charge is 0.146 e. The summed E-state index contributed by atoms with van der Waals surface area (Å²) in [5, 5.41) is 0. The minimum Gasteiger partial charge on any atom is -0.492 e. The summed E-state index contributed by atoms with van der Waals surface area (Å²) in [6.45, 7) is 19.4. The van der Waals surface area contributed by atoms with Gasteiger partial charge < -0.3 is 9.47 Å². The molecular formula is C25H38O2Si. The van der Waals surface area contributed by atoms with Crippen molar-refractivity contribution in [3.05, 3.63) is 23.3 Å². The Morgan fingerprint density at radius 2 is 1.25 bits per heavy atom. The van der Waals surface area contributed by atoms with E-state index in [0.717, 1.165) is 35.5 Å². The highest BCUT2D eigenvalue weighted by Crippen LogP contribution is 2.41. The van der Waals surface area contributed by atoms with Crippen molar-refractivity contribution in [3.63, 3.8) is 0 Å². The summed E-state index contributed by atoms with van der Waals surface area (Å²) >= 11 is 0. The lowest BCUT2D eigenvalue weighted by molar-refractivity contribution is 0.307. The molecule has 0 atom stereocenters. The Morgan fingerprint density at radius 3 is 1.64 bits per heavy atom. The monoisotopic (exact) mass is 398 g/mol. The first-order valence-electron chi connectivity index (χ1n) is 10.7. The molecule has 0 aliphatic rings. The molecule has 0 spiro atoms. The Labute approximate surface area is 174 Å². The van der Waals surface area contributed by atoms with Gasteiger partial charge in [0.25, 0.3) is 0 Å². The third-order valence-electron chi connectivity index (χ3n) is 5.44. The van der Waals surface area contributed by atoms with E-state index in [0.29, 0.717) is 29.8 Å². The molecule has 0 saturated heterocycles. The summed E-state index contributed by atoms with van der Waals surface area (Å²) in [6, 6.07) is 3.89. The second-order valence-corrected chi connectivity index (χ2v) is 13.9. The lowest BCUT2D eigenvalue weighted by atomic mass is 10.1. The van der Waals surface area contributed by atoms with Gasteiger partial charge in [-0.2, -0.15) is 0 Å². The van der Waals surface area contributed by atoms with Crippen molar-refractivity contribution in [2.45, 2.75) is 84.9 Å². The Bertz CT molecular complexity index is 708. The Kier molecular flexibility index (Phi) is 9.70. The van der Waals surface area contributed by atoms with Gasteiger partial charge in [-0.25, -0.2) is 0 Å². The van der Waals surface area contributed by atoms with Gasteiger partial charge in [-0.15, -0.1) is 12.0 Å². The largest absolute Gasteiger partial charge is 0.492 e. The highest BCUT2D eigenvalue weighted by molar-refractivity contribution is 6.90. The van der Waals surface area contributed by atoms with Crippen molar-refractivity contribution < 1.29 is 9.47 Å². The number of hydrogen-bond acceptors (Lipinski definition) is 2. The molecule has 2 nitrogen and oxygen atoms in total. The van der Waals surface area contributed by atoms with Crippen LogP contribution in [0.15, 0.2) is 12.1 Å². The lowest BCUT2D eigenvalue weighted by Gasteiger charge is -2.38. The van der Waals surface area contributed by atoms with Gasteiger partial charge in [0.2, 0.25) is 0 Å². The standard InChI is InChI=1S/C25H38O2Si/c1-10-14-26-24-18-23(25(27-15-11-2)17-22(24)12-3)13-16-28(19(4)5,20(6)7)21(8)9/h3,17-21H,10-11,14-15H2,1-2,4-9H3. The number of benzene rings is 1. The van der Waals surface area contributed by atoms with Gasteiger partial charge in [-0.05, 0) is 29.5 Å². The van der Waals surface area contributed by atoms with Crippen molar-refractivity contribution >= 4 is 8.07 Å². The molecule has 0 aliphatic carbocycles. The first-order chi connectivity index (χ1) is 13.2. The van der Waals surface area contributed by atoms with Gasteiger partial charge in [-0.1, -0.05) is 67.2 Å². The molecule has 1 aromatic rings. The molecule has 0 saturated carbocycles. The number of hydrogen-bond donors (Lipinski definition) is 0. The maximum atomic E-state index is 6.00. The van der Waals surface area contributed by atoms with Crippen molar-refractivity contribution in [2.24, 2.45) is 0 Å². The predicted octanol–water partition coefficient (Wildman–Crippen LogP) is 6.82. The molecule has 1 aromatic carbocycles. The van der Waals surface area contributed by atoms with Crippen molar-refractivity contribution in [1.82, 2.24) is 0 Å². The normalized spacial score (nSPS) is 11.4. The fourth-order valence-corrected chi connectivity index (χ4v) is 9.26. The average molecular weight is 399 g/mol. The molecule has 0 radical (unpaired) electrons. The minimum absolute atomic E-state index is 0.584. The molecule has 154 valence electrons. The fraction of sp³-hybridized carbons (Fsp3) is 0.600. The lowest BCUT2D eigenvalue weighted by Crippen LogP contribution is -2.43. The maximum Gasteiger partial charge on any atom is 0.146 e. The van der Waals surface area contributed by atoms with E-state index in [1.165, 1.54) is 0 Å². The first-order valence-corrected chi connectivity index (χ1v) is 12.9. The summed E-state index contributed by atoms with van der Waals surface area (Å²) in [5.74, 6) is 7.74. The predicted molar refractivity (Wildman–Crippen MR) is 124 cm³/mol. The molecule has 3 heteroatoms. The van der Waals surface area contributed by atoms with Gasteiger partial charge >= 0.3 is 0 Å². The Hall–Kier alpha value is -1.84. The van der Waals surface area contributed by atoms with E-state index in [1.54, 1.807) is 0 Å². The SMILES string of the molecule is C#Cc1cc(OCCC)c(C#C[Si](C(C)C)(C(C)C)C(C)C)cc1OCCC. The van der Waals surface area contributed by atoms with E-state index in [9.17, 15) is 0 Å². The molecule has 28 heavy (non-hydrogen) atoms. The molecule has 0 aliphatic heterocycles. The molecule has 0 amide bonds. The topological polar surface area (TPSA) is 18.5 Å². The van der Waals surface area contributed by atoms with Crippen molar-refractivity contribution in [2.75, 3.05) is 13.2 Å². The third-order valence-corrected chi connectivity index (χ3v) is 11.7. The fourth-order valence-electron chi connectivity index (χ4n) is 4.04. The molecule has 0 heterocycles. The summed E-state index contributed by atoms with van der Waals surface area (Å²) in [7, 11) is -1.83. The molecule has 1 rings (SSSR count). The molecule has 0 unspecified atom stereocenters. The molecule has 0 bridgehead atoms. The van der Waals surface area contributed by atoms with E-state index < -0.39 is 8.07 Å². The van der Waals surface area contributed by atoms with Crippen LogP contribution >= 0.6 is 0 Å². The van der Waals surface area contributed by atoms with Gasteiger partial charge in [0, 0.05) is 12.1 Å². The zero-order chi connectivity index (χ0) is 21.3. The van der Waals surface area contributed by atoms with Crippen LogP contribution in [0.5, 0.6) is 11.5 Å². The third kappa shape index (κ3) is 5.59. The van der Waals surface area contributed by atoms with E-state index >= 15 is 0 Å². The zero-order valence-electron chi connectivity index (χ0n) is 19.1. The quantitative estimate of drug-likeness (QED) is 0.336. The maximum absolute atomic E-state index is 6.00. The molecule has 0 aromatic heterocycles. The summed E-state index contributed by atoms with van der Waals surface area (Å²) in [4.78, 5) is 0. The number of terminal acetylenes is 1. The highest BCUT2D eigenvalue weighted by atomic mass is 28.3. The number of ether oxygens (including phenoxy) is 2. The minimum atomic E-state index is -1.83. The van der Waals surface area contributed by atoms with Gasteiger partial charge in [0.15, 0.2) is 0 Å². The van der Waals surface area contributed by atoms with E-state index in [2.05, 4.69) is 72.8 Å². The second-order valence-electron chi connectivity index (χ2n) is 8.33. The van der Waals surface area contributed by atoms with E-state index in [-0.39, 0.29) is 0 Å². The first kappa shape index (κ1) is 24.2. The van der Waals surface area contributed by atoms with Crippen LogP contribution in [0.2, 0.25) is 16.6 Å². The Balaban J connectivity index is 3.56. The van der Waals surface area contributed by atoms with Crippen LogP contribution in [-0.4, -0.2) is 21.3 Å². The highest BCUT2D eigenvalue weighted by Gasteiger charge is 2.41. The van der Waals surface area contributed by atoms with E-state index in [1.807, 2.05) is 12.1 Å². The van der Waals surface area contributed by atoms with E-state index in [4.69, 9.17) is 15.9 Å². The average Bonchev–Trinajstić information content (AvgIpc) is 2.64. The van der Waals surface area contributed by atoms with Gasteiger partial charge in [-0.3, -0.25) is 0 Å². The molecule has 0 fully saturated rings. The van der Waals surface area contributed by atoms with Gasteiger partial charge in [0.1, 0.15) is 19.6 Å². The number of rotatable bonds is 9. The summed E-state index contributed by atoms with van der Waals surface area (Å²) < 4.78 is 11.9. The summed E-state index contributed by atoms with van der Waals surface area (Å²) in [6.07, 6.45) is 7.59.